The Kier molecular flexibility index (Phi) is 10.1. The molecule has 1 saturated heterocycles. The Morgan fingerprint density at radius 1 is 0.979 bits per heavy atom. The van der Waals surface area contributed by atoms with Crippen LogP contribution in [-0.2, 0) is 29.0 Å². The largest absolute Gasteiger partial charge is 0.348 e. The van der Waals surface area contributed by atoms with Gasteiger partial charge in [0.1, 0.15) is 21.4 Å². The molecule has 0 aromatic carbocycles. The first-order valence-electron chi connectivity index (χ1n) is 16.8. The second kappa shape index (κ2) is 13.0. The quantitative estimate of drug-likeness (QED) is 0.130. The zero-order valence-electron chi connectivity index (χ0n) is 29.1. The number of carbonyl (C=O) groups is 5. The molecular weight excluding hydrogens is 634 g/mol. The number of carbonyl (C=O) groups excluding carboxylic acids is 5. The smallest absolute Gasteiger partial charge is 0.315 e. The predicted octanol–water partition coefficient (Wildman–Crippen LogP) is 1.68. The van der Waals surface area contributed by atoms with Gasteiger partial charge in [0.05, 0.1) is 17.3 Å². The lowest BCUT2D eigenvalue weighted by atomic mass is 9.83. The van der Waals surface area contributed by atoms with Gasteiger partial charge in [-0.2, -0.15) is 0 Å². The van der Waals surface area contributed by atoms with Gasteiger partial charge in [-0.15, -0.1) is 24.7 Å². The SMILES string of the molecule is C#CCCNC(=O)C(=O)C(CCC#C)NC(=O)[C@@]12CC13C(CN2C(=O)[C@@H](NC(=O)NC1(CS(C)(=O)=O)CCCCC1)C(C)(C)C)C3(C)C. The summed E-state index contributed by atoms with van der Waals surface area (Å²) in [6, 6.07) is -2.90. The number of nitrogens with zero attached hydrogens (tertiary/aromatic N) is 1. The van der Waals surface area contributed by atoms with Crippen molar-refractivity contribution in [1.29, 1.82) is 0 Å². The number of rotatable bonds is 13. The fourth-order valence-electron chi connectivity index (χ4n) is 8.76. The molecule has 4 fully saturated rings. The molecule has 12 nitrogen and oxygen atoms in total. The summed E-state index contributed by atoms with van der Waals surface area (Å²) in [6.07, 6.45) is 16.2. The Labute approximate surface area is 285 Å². The van der Waals surface area contributed by atoms with Crippen LogP contribution in [0.25, 0.3) is 0 Å². The lowest BCUT2D eigenvalue weighted by molar-refractivity contribution is -0.147. The molecule has 3 saturated carbocycles. The fourth-order valence-corrected chi connectivity index (χ4v) is 10.1. The second-order valence-electron chi connectivity index (χ2n) is 15.9. The third-order valence-electron chi connectivity index (χ3n) is 11.2. The Bertz CT molecular complexity index is 1550. The van der Waals surface area contributed by atoms with E-state index in [1.807, 2.05) is 20.8 Å². The molecule has 5 amide bonds. The van der Waals surface area contributed by atoms with Gasteiger partial charge in [-0.1, -0.05) is 53.9 Å². The van der Waals surface area contributed by atoms with E-state index in [0.29, 0.717) is 25.8 Å². The van der Waals surface area contributed by atoms with E-state index in [4.69, 9.17) is 12.8 Å². The summed E-state index contributed by atoms with van der Waals surface area (Å²) in [5.41, 5.74) is -3.73. The maximum Gasteiger partial charge on any atom is 0.315 e. The zero-order chi connectivity index (χ0) is 35.9. The average Bonchev–Trinajstić information content (AvgIpc) is 3.76. The van der Waals surface area contributed by atoms with Crippen molar-refractivity contribution < 1.29 is 32.4 Å². The first-order valence-corrected chi connectivity index (χ1v) is 18.9. The van der Waals surface area contributed by atoms with Gasteiger partial charge in [-0.05, 0) is 42.4 Å². The molecule has 0 bridgehead atoms. The number of nitrogens with one attached hydrogen (secondary N) is 4. The molecule has 4 aliphatic rings. The van der Waals surface area contributed by atoms with E-state index in [-0.39, 0.29) is 42.9 Å². The topological polar surface area (TPSA) is 171 Å². The lowest BCUT2D eigenvalue weighted by Crippen LogP contribution is -2.64. The van der Waals surface area contributed by atoms with Gasteiger partial charge in [0.15, 0.2) is 0 Å². The predicted molar refractivity (Wildman–Crippen MR) is 181 cm³/mol. The van der Waals surface area contributed by atoms with Crippen LogP contribution in [0.4, 0.5) is 4.79 Å². The van der Waals surface area contributed by atoms with Crippen molar-refractivity contribution in [3.8, 4) is 24.7 Å². The Hall–Kier alpha value is -3.58. The van der Waals surface area contributed by atoms with Crippen molar-refractivity contribution in [3.05, 3.63) is 0 Å². The number of sulfone groups is 1. The first-order chi connectivity index (χ1) is 22.2. The highest BCUT2D eigenvalue weighted by molar-refractivity contribution is 7.90. The van der Waals surface area contributed by atoms with E-state index in [1.165, 1.54) is 0 Å². The van der Waals surface area contributed by atoms with Crippen LogP contribution in [0, 0.1) is 46.9 Å². The van der Waals surface area contributed by atoms with Crippen LogP contribution in [0.5, 0.6) is 0 Å². The van der Waals surface area contributed by atoms with Gasteiger partial charge in [0, 0.05) is 37.6 Å². The van der Waals surface area contributed by atoms with Gasteiger partial charge in [-0.25, -0.2) is 13.2 Å². The van der Waals surface area contributed by atoms with Gasteiger partial charge in [0.25, 0.3) is 5.91 Å². The first kappa shape index (κ1) is 37.2. The average molecular weight is 686 g/mol. The zero-order valence-corrected chi connectivity index (χ0v) is 29.9. The van der Waals surface area contributed by atoms with Crippen molar-refractivity contribution in [2.45, 2.75) is 116 Å². The third-order valence-corrected chi connectivity index (χ3v) is 12.3. The highest BCUT2D eigenvalue weighted by atomic mass is 32.2. The second-order valence-corrected chi connectivity index (χ2v) is 18.0. The number of hydrogen-bond donors (Lipinski definition) is 4. The van der Waals surface area contributed by atoms with E-state index in [2.05, 4.69) is 47.0 Å². The van der Waals surface area contributed by atoms with E-state index >= 15 is 0 Å². The van der Waals surface area contributed by atoms with Crippen LogP contribution < -0.4 is 21.3 Å². The number of amides is 5. The molecule has 1 heterocycles. The van der Waals surface area contributed by atoms with Crippen molar-refractivity contribution >= 4 is 39.4 Å². The molecular formula is C35H51N5O7S. The van der Waals surface area contributed by atoms with E-state index in [1.54, 1.807) is 4.90 Å². The number of ketones is 1. The molecule has 0 aromatic rings. The van der Waals surface area contributed by atoms with Crippen LogP contribution in [0.1, 0.15) is 92.4 Å². The van der Waals surface area contributed by atoms with Gasteiger partial charge in [0.2, 0.25) is 17.6 Å². The summed E-state index contributed by atoms with van der Waals surface area (Å²) in [6.45, 7) is 9.96. The van der Waals surface area contributed by atoms with Gasteiger partial charge >= 0.3 is 6.03 Å². The summed E-state index contributed by atoms with van der Waals surface area (Å²) in [5, 5.41) is 11.0. The number of urea groups is 1. The molecule has 4 rings (SSSR count). The van der Waals surface area contributed by atoms with Crippen LogP contribution in [0.3, 0.4) is 0 Å². The molecule has 5 atom stereocenters. The molecule has 0 radical (unpaired) electrons. The molecule has 264 valence electrons. The maximum atomic E-state index is 14.5. The number of likely N-dealkylation sites (tertiary alicyclic amines) is 1. The monoisotopic (exact) mass is 685 g/mol. The number of piperidine rings is 2. The molecule has 48 heavy (non-hydrogen) atoms. The summed E-state index contributed by atoms with van der Waals surface area (Å²) in [5.74, 6) is 1.98. The van der Waals surface area contributed by atoms with Gasteiger partial charge < -0.3 is 26.2 Å². The fraction of sp³-hybridized carbons (Fsp3) is 0.743. The van der Waals surface area contributed by atoms with Crippen LogP contribution >= 0.6 is 0 Å². The van der Waals surface area contributed by atoms with Crippen molar-refractivity contribution in [2.75, 3.05) is 25.1 Å². The highest BCUT2D eigenvalue weighted by Crippen LogP contribution is 2.91. The van der Waals surface area contributed by atoms with Crippen molar-refractivity contribution in [1.82, 2.24) is 26.2 Å². The molecule has 13 heteroatoms. The number of hydrogen-bond acceptors (Lipinski definition) is 7. The van der Waals surface area contributed by atoms with Crippen LogP contribution in [0.2, 0.25) is 0 Å². The van der Waals surface area contributed by atoms with E-state index in [0.717, 1.165) is 25.5 Å². The van der Waals surface area contributed by atoms with Crippen LogP contribution in [-0.4, -0.2) is 91.1 Å². The summed E-state index contributed by atoms with van der Waals surface area (Å²) < 4.78 is 24.6. The summed E-state index contributed by atoms with van der Waals surface area (Å²) >= 11 is 0. The van der Waals surface area contributed by atoms with E-state index in [9.17, 15) is 32.4 Å². The molecule has 0 aromatic heterocycles. The number of Topliss-reactive ketones (excluding diaryl/α,β-unsaturated/α-hetero) is 1. The van der Waals surface area contributed by atoms with Crippen LogP contribution in [0.15, 0.2) is 0 Å². The molecule has 1 spiro atoms. The summed E-state index contributed by atoms with van der Waals surface area (Å²) in [4.78, 5) is 69.8. The minimum atomic E-state index is -3.41. The normalized spacial score (nSPS) is 27.4. The Morgan fingerprint density at radius 3 is 2.15 bits per heavy atom. The van der Waals surface area contributed by atoms with Crippen molar-refractivity contribution in [2.24, 2.45) is 22.2 Å². The highest BCUT2D eigenvalue weighted by Gasteiger charge is 2.98. The molecule has 3 aliphatic carbocycles. The maximum absolute atomic E-state index is 14.5. The Morgan fingerprint density at radius 2 is 1.60 bits per heavy atom. The minimum Gasteiger partial charge on any atom is -0.348 e. The minimum absolute atomic E-state index is 0.0290. The summed E-state index contributed by atoms with van der Waals surface area (Å²) in [7, 11) is -3.41. The molecule has 4 N–H and O–H groups in total. The third kappa shape index (κ3) is 6.67. The van der Waals surface area contributed by atoms with Gasteiger partial charge in [-0.3, -0.25) is 19.2 Å². The Balaban J connectivity index is 1.58. The van der Waals surface area contributed by atoms with E-state index < -0.39 is 73.4 Å². The van der Waals surface area contributed by atoms with Crippen molar-refractivity contribution in [3.63, 3.8) is 0 Å². The standard InChI is InChI=1S/C35H51N5O7S/c1-9-11-16-23(25(41)27(42)36-19-12-10-2)37-29(44)35-21-34(35)24(32(34,6)7)20-40(35)28(43)26(31(3,4)5)38-30(45)39-33(22-48(8,46)47)17-14-13-15-18-33/h1-2,23-24,26H,11-22H2,3-8H3,(H,36,42)(H,37,44)(H2,38,39,45)/t23?,24?,26-,34?,35+/m1/s1. The number of terminal acetylenes is 2. The molecule has 1 aliphatic heterocycles. The molecule has 3 unspecified atom stereocenters. The lowest BCUT2D eigenvalue weighted by Gasteiger charge is -2.41.